The number of piperidine rings is 2. The van der Waals surface area contributed by atoms with E-state index in [9.17, 15) is 4.79 Å². The molecule has 2 spiro atoms. The van der Waals surface area contributed by atoms with Crippen molar-refractivity contribution in [3.8, 4) is 5.69 Å². The molecule has 0 bridgehead atoms. The zero-order valence-electron chi connectivity index (χ0n) is 24.3. The average molecular weight is 616 g/mol. The molecule has 0 radical (unpaired) electrons. The molecule has 2 aromatic carbocycles. The van der Waals surface area contributed by atoms with E-state index in [1.54, 1.807) is 0 Å². The Morgan fingerprint density at radius 2 is 1.63 bits per heavy atom. The Kier molecular flexibility index (Phi) is 6.69. The van der Waals surface area contributed by atoms with Gasteiger partial charge in [-0.3, -0.25) is 9.36 Å². The van der Waals surface area contributed by atoms with E-state index < -0.39 is 0 Å². The molecule has 2 saturated heterocycles. The fraction of sp³-hybridized carbons (Fsp3) is 0.600. The third-order valence-corrected chi connectivity index (χ3v) is 12.6. The molecule has 6 heteroatoms. The van der Waals surface area contributed by atoms with Gasteiger partial charge in [-0.15, -0.1) is 0 Å². The number of hydrogen-bond donors (Lipinski definition) is 1. The first-order valence-electron chi connectivity index (χ1n) is 16.4. The molecule has 1 N–H and O–H groups in total. The van der Waals surface area contributed by atoms with Crippen molar-refractivity contribution >= 4 is 26.8 Å². The summed E-state index contributed by atoms with van der Waals surface area (Å²) in [4.78, 5) is 21.0. The van der Waals surface area contributed by atoms with Gasteiger partial charge in [-0.1, -0.05) is 37.5 Å². The Hall–Kier alpha value is -2.02. The molecule has 1 aromatic heterocycles. The molecule has 5 aliphatic rings. The van der Waals surface area contributed by atoms with Gasteiger partial charge >= 0.3 is 0 Å². The number of hydrogen-bond acceptors (Lipinski definition) is 4. The lowest BCUT2D eigenvalue weighted by molar-refractivity contribution is 0.0533. The van der Waals surface area contributed by atoms with Gasteiger partial charge in [0.25, 0.3) is 5.56 Å². The van der Waals surface area contributed by atoms with E-state index in [0.717, 1.165) is 34.7 Å². The van der Waals surface area contributed by atoms with Gasteiger partial charge in [0, 0.05) is 10.5 Å². The normalized spacial score (nSPS) is 24.6. The Balaban J connectivity index is 1.07. The number of nitrogens with one attached hydrogen (secondary N) is 1. The van der Waals surface area contributed by atoms with Crippen LogP contribution in [-0.4, -0.2) is 46.7 Å². The van der Waals surface area contributed by atoms with Crippen LogP contribution in [0.1, 0.15) is 106 Å². The molecule has 216 valence electrons. The number of benzene rings is 2. The summed E-state index contributed by atoms with van der Waals surface area (Å²) in [6.07, 6.45) is 16.8. The predicted molar refractivity (Wildman–Crippen MR) is 169 cm³/mol. The van der Waals surface area contributed by atoms with Crippen LogP contribution in [0.3, 0.4) is 0 Å². The van der Waals surface area contributed by atoms with Gasteiger partial charge in [0.15, 0.2) is 0 Å². The largest absolute Gasteiger partial charge is 0.317 e. The summed E-state index contributed by atoms with van der Waals surface area (Å²) < 4.78 is 3.20. The standard InChI is InChI=1S/C35H43BrN4O/c36-28-5-4-6-29-31(28)32(41)38-33-35(13-2-1-3-14-35)27-8-7-25(23-30(27)40(29)33)24-11-21-39(22-12-24)26-9-15-34(16-10-26)17-19-37-20-18-34/h4-8,23-24,26,37H,1-3,9-22H2. The fourth-order valence-corrected chi connectivity index (χ4v) is 10.1. The topological polar surface area (TPSA) is 50.2 Å². The molecular formula is C35H43BrN4O. The van der Waals surface area contributed by atoms with E-state index in [1.165, 1.54) is 114 Å². The maximum Gasteiger partial charge on any atom is 0.281 e. The molecule has 41 heavy (non-hydrogen) atoms. The number of nitrogens with zero attached hydrogens (tertiary/aromatic N) is 3. The molecule has 5 nitrogen and oxygen atoms in total. The fourth-order valence-electron chi connectivity index (χ4n) is 9.59. The number of rotatable bonds is 2. The third kappa shape index (κ3) is 4.30. The van der Waals surface area contributed by atoms with E-state index in [-0.39, 0.29) is 11.0 Å². The van der Waals surface area contributed by atoms with Crippen LogP contribution in [0.5, 0.6) is 0 Å². The van der Waals surface area contributed by atoms with Crippen LogP contribution in [0, 0.1) is 5.41 Å². The molecule has 0 atom stereocenters. The highest BCUT2D eigenvalue weighted by Gasteiger charge is 2.47. The third-order valence-electron chi connectivity index (χ3n) is 12.0. The lowest BCUT2D eigenvalue weighted by Crippen LogP contribution is -2.46. The Bertz CT molecular complexity index is 1520. The number of aromatic nitrogens is 2. The minimum absolute atomic E-state index is 0.0992. The number of fused-ring (bicyclic) bond motifs is 7. The highest BCUT2D eigenvalue weighted by atomic mass is 79.9. The smallest absolute Gasteiger partial charge is 0.281 e. The lowest BCUT2D eigenvalue weighted by Gasteiger charge is -2.47. The van der Waals surface area contributed by atoms with Gasteiger partial charge in [-0.2, -0.15) is 4.98 Å². The SMILES string of the molecule is O=c1nc2n(c3cccc(Br)c13)-c1cc(C3CCN(C4CCC5(CCNCC5)CC4)CC3)ccc1C21CCCCC1. The summed E-state index contributed by atoms with van der Waals surface area (Å²) in [5, 5.41) is 4.27. The van der Waals surface area contributed by atoms with Crippen LogP contribution in [0.15, 0.2) is 45.7 Å². The van der Waals surface area contributed by atoms with Gasteiger partial charge in [0.05, 0.1) is 22.0 Å². The van der Waals surface area contributed by atoms with E-state index in [4.69, 9.17) is 4.98 Å². The molecule has 0 unspecified atom stereocenters. The lowest BCUT2D eigenvalue weighted by atomic mass is 9.67. The van der Waals surface area contributed by atoms with Crippen LogP contribution >= 0.6 is 15.9 Å². The zero-order valence-corrected chi connectivity index (χ0v) is 25.9. The summed E-state index contributed by atoms with van der Waals surface area (Å²) in [6, 6.07) is 14.3. The second-order valence-electron chi connectivity index (χ2n) is 13.9. The summed E-state index contributed by atoms with van der Waals surface area (Å²) >= 11 is 3.66. The molecule has 3 aromatic rings. The molecule has 2 aliphatic carbocycles. The van der Waals surface area contributed by atoms with Crippen LogP contribution < -0.4 is 10.9 Å². The van der Waals surface area contributed by atoms with Gasteiger partial charge in [-0.05, 0) is 147 Å². The molecule has 4 fully saturated rings. The predicted octanol–water partition coefficient (Wildman–Crippen LogP) is 7.20. The van der Waals surface area contributed by atoms with Gasteiger partial charge in [0.2, 0.25) is 0 Å². The average Bonchev–Trinajstić information content (AvgIpc) is 3.26. The van der Waals surface area contributed by atoms with Crippen molar-refractivity contribution < 1.29 is 0 Å². The zero-order chi connectivity index (χ0) is 27.6. The first kappa shape index (κ1) is 26.6. The maximum atomic E-state index is 13.3. The number of halogens is 1. The molecule has 0 amide bonds. The van der Waals surface area contributed by atoms with E-state index in [1.807, 2.05) is 6.07 Å². The minimum Gasteiger partial charge on any atom is -0.317 e. The number of likely N-dealkylation sites (tertiary alicyclic amines) is 1. The first-order valence-corrected chi connectivity index (χ1v) is 17.2. The van der Waals surface area contributed by atoms with Gasteiger partial charge < -0.3 is 10.2 Å². The van der Waals surface area contributed by atoms with Gasteiger partial charge in [0.1, 0.15) is 5.82 Å². The summed E-state index contributed by atoms with van der Waals surface area (Å²) in [5.74, 6) is 1.59. The van der Waals surface area contributed by atoms with Crippen molar-refractivity contribution in [2.24, 2.45) is 5.41 Å². The summed E-state index contributed by atoms with van der Waals surface area (Å²) in [5.41, 5.74) is 5.56. The van der Waals surface area contributed by atoms with Crippen LogP contribution in [0.4, 0.5) is 0 Å². The monoisotopic (exact) mass is 614 g/mol. The van der Waals surface area contributed by atoms with Crippen molar-refractivity contribution in [2.45, 2.75) is 101 Å². The van der Waals surface area contributed by atoms with E-state index in [2.05, 4.69) is 61.0 Å². The highest BCUT2D eigenvalue weighted by molar-refractivity contribution is 9.10. The van der Waals surface area contributed by atoms with Crippen LogP contribution in [0.2, 0.25) is 0 Å². The molecule has 3 aliphatic heterocycles. The second-order valence-corrected chi connectivity index (χ2v) is 14.8. The summed E-state index contributed by atoms with van der Waals surface area (Å²) in [6.45, 7) is 4.90. The summed E-state index contributed by atoms with van der Waals surface area (Å²) in [7, 11) is 0. The minimum atomic E-state index is -0.127. The van der Waals surface area contributed by atoms with Crippen molar-refractivity contribution in [2.75, 3.05) is 26.2 Å². The Morgan fingerprint density at radius 1 is 0.878 bits per heavy atom. The van der Waals surface area contributed by atoms with Crippen LogP contribution in [-0.2, 0) is 5.41 Å². The van der Waals surface area contributed by atoms with Crippen molar-refractivity contribution in [3.63, 3.8) is 0 Å². The van der Waals surface area contributed by atoms with Crippen molar-refractivity contribution in [3.05, 3.63) is 68.2 Å². The molecule has 8 rings (SSSR count). The Labute approximate surface area is 252 Å². The van der Waals surface area contributed by atoms with Gasteiger partial charge in [-0.25, -0.2) is 0 Å². The quantitative estimate of drug-likeness (QED) is 0.331. The van der Waals surface area contributed by atoms with Crippen molar-refractivity contribution in [1.82, 2.24) is 19.8 Å². The highest BCUT2D eigenvalue weighted by Crippen LogP contribution is 2.52. The van der Waals surface area contributed by atoms with E-state index in [0.29, 0.717) is 16.7 Å². The van der Waals surface area contributed by atoms with E-state index >= 15 is 0 Å². The molecular weight excluding hydrogens is 572 g/mol. The van der Waals surface area contributed by atoms with Crippen molar-refractivity contribution in [1.29, 1.82) is 0 Å². The van der Waals surface area contributed by atoms with Crippen LogP contribution in [0.25, 0.3) is 16.6 Å². The maximum absolute atomic E-state index is 13.3. The molecule has 4 heterocycles. The second kappa shape index (κ2) is 10.3. The first-order chi connectivity index (χ1) is 20.1. The molecule has 2 saturated carbocycles. The Morgan fingerprint density at radius 3 is 2.39 bits per heavy atom.